The second kappa shape index (κ2) is 6.22. The molecule has 2 N–H and O–H groups in total. The van der Waals surface area contributed by atoms with E-state index in [-0.39, 0.29) is 13.2 Å². The van der Waals surface area contributed by atoms with Crippen LogP contribution in [-0.4, -0.2) is 18.1 Å². The van der Waals surface area contributed by atoms with E-state index in [9.17, 15) is 4.39 Å². The van der Waals surface area contributed by atoms with Crippen molar-refractivity contribution in [1.29, 1.82) is 0 Å². The molecule has 21 heavy (non-hydrogen) atoms. The van der Waals surface area contributed by atoms with Gasteiger partial charge in [0.2, 0.25) is 0 Å². The molecule has 1 aromatic heterocycles. The highest BCUT2D eigenvalue weighted by Gasteiger charge is 2.12. The quantitative estimate of drug-likeness (QED) is 0.938. The summed E-state index contributed by atoms with van der Waals surface area (Å²) in [5.41, 5.74) is 9.42. The first-order chi connectivity index (χ1) is 10.3. The van der Waals surface area contributed by atoms with Crippen molar-refractivity contribution in [2.75, 3.05) is 13.2 Å². The van der Waals surface area contributed by atoms with Gasteiger partial charge in [0, 0.05) is 23.2 Å². The summed E-state index contributed by atoms with van der Waals surface area (Å²) in [5, 5.41) is 1.08. The maximum Gasteiger partial charge on any atom is 0.120 e. The van der Waals surface area contributed by atoms with Gasteiger partial charge in [0.1, 0.15) is 12.4 Å². The molecule has 0 radical (unpaired) electrons. The fourth-order valence-electron chi connectivity index (χ4n) is 2.68. The van der Waals surface area contributed by atoms with Crippen LogP contribution in [0.15, 0.2) is 36.2 Å². The number of hydrogen-bond acceptors (Lipinski definition) is 3. The van der Waals surface area contributed by atoms with Crippen molar-refractivity contribution < 1.29 is 9.13 Å². The van der Waals surface area contributed by atoms with E-state index < -0.39 is 0 Å². The second-order valence-corrected chi connectivity index (χ2v) is 5.42. The summed E-state index contributed by atoms with van der Waals surface area (Å²) < 4.78 is 18.1. The van der Waals surface area contributed by atoms with E-state index in [2.05, 4.69) is 6.07 Å². The lowest BCUT2D eigenvalue weighted by atomic mass is 9.95. The van der Waals surface area contributed by atoms with E-state index in [4.69, 9.17) is 15.5 Å². The Morgan fingerprint density at radius 1 is 1.29 bits per heavy atom. The minimum absolute atomic E-state index is 0.166. The molecule has 0 atom stereocenters. The van der Waals surface area contributed by atoms with Crippen LogP contribution in [-0.2, 0) is 12.8 Å². The summed E-state index contributed by atoms with van der Waals surface area (Å²) in [4.78, 5) is 4.74. The SMILES string of the molecule is NC/C(=C\F)COc1ccc2nc3c(cc2c1)CCCC3. The van der Waals surface area contributed by atoms with Crippen molar-refractivity contribution in [2.24, 2.45) is 5.73 Å². The van der Waals surface area contributed by atoms with E-state index >= 15 is 0 Å². The first-order valence-corrected chi connectivity index (χ1v) is 7.33. The standard InChI is InChI=1S/C17H19FN2O/c18-9-12(10-19)11-21-15-5-6-17-14(8-15)7-13-3-1-2-4-16(13)20-17/h5-9H,1-4,10-11,19H2/b12-9+. The zero-order valence-electron chi connectivity index (χ0n) is 11.9. The van der Waals surface area contributed by atoms with Crippen LogP contribution in [0.4, 0.5) is 4.39 Å². The number of fused-ring (bicyclic) bond motifs is 2. The topological polar surface area (TPSA) is 48.1 Å². The van der Waals surface area contributed by atoms with Crippen molar-refractivity contribution in [3.63, 3.8) is 0 Å². The normalized spacial score (nSPS) is 15.0. The van der Waals surface area contributed by atoms with Crippen molar-refractivity contribution >= 4 is 10.9 Å². The predicted molar refractivity (Wildman–Crippen MR) is 82.1 cm³/mol. The van der Waals surface area contributed by atoms with Gasteiger partial charge in [-0.3, -0.25) is 4.98 Å². The molecule has 1 aromatic carbocycles. The smallest absolute Gasteiger partial charge is 0.120 e. The van der Waals surface area contributed by atoms with Crippen LogP contribution in [0.3, 0.4) is 0 Å². The van der Waals surface area contributed by atoms with Gasteiger partial charge in [0.15, 0.2) is 0 Å². The molecule has 0 saturated heterocycles. The molecule has 0 amide bonds. The van der Waals surface area contributed by atoms with Crippen molar-refractivity contribution in [3.05, 3.63) is 47.4 Å². The van der Waals surface area contributed by atoms with E-state index in [1.807, 2.05) is 18.2 Å². The Morgan fingerprint density at radius 2 is 2.14 bits per heavy atom. The lowest BCUT2D eigenvalue weighted by Crippen LogP contribution is -2.10. The van der Waals surface area contributed by atoms with Gasteiger partial charge in [-0.2, -0.15) is 0 Å². The number of ether oxygens (including phenoxy) is 1. The van der Waals surface area contributed by atoms with Gasteiger partial charge in [0.25, 0.3) is 0 Å². The molecule has 1 aliphatic rings. The van der Waals surface area contributed by atoms with Crippen molar-refractivity contribution in [3.8, 4) is 5.75 Å². The van der Waals surface area contributed by atoms with Gasteiger partial charge in [-0.15, -0.1) is 0 Å². The number of benzene rings is 1. The summed E-state index contributed by atoms with van der Waals surface area (Å²) in [6.07, 6.45) is 5.15. The number of rotatable bonds is 4. The van der Waals surface area contributed by atoms with E-state index in [1.165, 1.54) is 24.1 Å². The van der Waals surface area contributed by atoms with Crippen LogP contribution >= 0.6 is 0 Å². The average Bonchev–Trinajstić information content (AvgIpc) is 2.53. The highest BCUT2D eigenvalue weighted by atomic mass is 19.1. The second-order valence-electron chi connectivity index (χ2n) is 5.42. The van der Waals surface area contributed by atoms with Gasteiger partial charge < -0.3 is 10.5 Å². The van der Waals surface area contributed by atoms with E-state index in [0.717, 1.165) is 23.7 Å². The molecule has 4 heteroatoms. The third-order valence-corrected chi connectivity index (χ3v) is 3.91. The molecule has 0 bridgehead atoms. The highest BCUT2D eigenvalue weighted by molar-refractivity contribution is 5.81. The first kappa shape index (κ1) is 14.0. The van der Waals surface area contributed by atoms with Crippen molar-refractivity contribution in [1.82, 2.24) is 4.98 Å². The van der Waals surface area contributed by atoms with Gasteiger partial charge in [-0.1, -0.05) is 0 Å². The van der Waals surface area contributed by atoms with E-state index in [1.54, 1.807) is 0 Å². The molecule has 0 unspecified atom stereocenters. The number of nitrogens with zero attached hydrogens (tertiary/aromatic N) is 1. The summed E-state index contributed by atoms with van der Waals surface area (Å²) in [5.74, 6) is 0.716. The Balaban J connectivity index is 1.85. The van der Waals surface area contributed by atoms with Crippen molar-refractivity contribution in [2.45, 2.75) is 25.7 Å². The zero-order valence-corrected chi connectivity index (χ0v) is 11.9. The lowest BCUT2D eigenvalue weighted by molar-refractivity contribution is 0.348. The molecular weight excluding hydrogens is 267 g/mol. The molecule has 110 valence electrons. The average molecular weight is 286 g/mol. The molecule has 1 heterocycles. The molecule has 2 aromatic rings. The Hall–Kier alpha value is -1.94. The Labute approximate surface area is 123 Å². The largest absolute Gasteiger partial charge is 0.489 e. The number of aryl methyl sites for hydroxylation is 2. The minimum Gasteiger partial charge on any atom is -0.489 e. The summed E-state index contributed by atoms with van der Waals surface area (Å²) in [7, 11) is 0. The van der Waals surface area contributed by atoms with Crippen LogP contribution in [0.1, 0.15) is 24.1 Å². The molecule has 0 fully saturated rings. The van der Waals surface area contributed by atoms with Crippen LogP contribution in [0, 0.1) is 0 Å². The molecule has 0 spiro atoms. The number of nitrogens with two attached hydrogens (primary N) is 1. The Morgan fingerprint density at radius 3 is 2.95 bits per heavy atom. The third kappa shape index (κ3) is 3.05. The number of hydrogen-bond donors (Lipinski definition) is 1. The summed E-state index contributed by atoms with van der Waals surface area (Å²) in [6, 6.07) is 8.00. The predicted octanol–water partition coefficient (Wildman–Crippen LogP) is 3.30. The Kier molecular flexibility index (Phi) is 4.15. The van der Waals surface area contributed by atoms with E-state index in [0.29, 0.717) is 17.7 Å². The van der Waals surface area contributed by atoms with Gasteiger partial charge in [-0.05, 0) is 55.5 Å². The van der Waals surface area contributed by atoms with Crippen LogP contribution in [0.2, 0.25) is 0 Å². The molecule has 3 nitrogen and oxygen atoms in total. The lowest BCUT2D eigenvalue weighted by Gasteiger charge is -2.16. The summed E-state index contributed by atoms with van der Waals surface area (Å²) in [6.45, 7) is 0.343. The first-order valence-electron chi connectivity index (χ1n) is 7.33. The van der Waals surface area contributed by atoms with Gasteiger partial charge in [0.05, 0.1) is 11.8 Å². The maximum absolute atomic E-state index is 12.5. The molecule has 0 aliphatic heterocycles. The van der Waals surface area contributed by atoms with Crippen LogP contribution < -0.4 is 10.5 Å². The molecule has 0 saturated carbocycles. The maximum atomic E-state index is 12.5. The molecular formula is C17H19FN2O. The fourth-order valence-corrected chi connectivity index (χ4v) is 2.68. The Bertz CT molecular complexity index is 682. The summed E-state index contributed by atoms with van der Waals surface area (Å²) >= 11 is 0. The highest BCUT2D eigenvalue weighted by Crippen LogP contribution is 2.26. The number of halogens is 1. The number of pyridine rings is 1. The molecule has 3 rings (SSSR count). The zero-order chi connectivity index (χ0) is 14.7. The monoisotopic (exact) mass is 286 g/mol. The van der Waals surface area contributed by atoms with Gasteiger partial charge in [-0.25, -0.2) is 4.39 Å². The fraction of sp³-hybridized carbons (Fsp3) is 0.353. The van der Waals surface area contributed by atoms with Crippen LogP contribution in [0.25, 0.3) is 10.9 Å². The third-order valence-electron chi connectivity index (χ3n) is 3.91. The number of aromatic nitrogens is 1. The van der Waals surface area contributed by atoms with Gasteiger partial charge >= 0.3 is 0 Å². The molecule has 1 aliphatic carbocycles. The van der Waals surface area contributed by atoms with Crippen LogP contribution in [0.5, 0.6) is 5.75 Å². The minimum atomic E-state index is 0.166.